The number of carbonyl (C=O) groups is 2. The molecule has 1 heterocycles. The third-order valence-electron chi connectivity index (χ3n) is 4.05. The van der Waals surface area contributed by atoms with Gasteiger partial charge in [-0.2, -0.15) is 0 Å². The van der Waals surface area contributed by atoms with Gasteiger partial charge in [0.25, 0.3) is 5.91 Å². The Bertz CT molecular complexity index is 740. The topological polar surface area (TPSA) is 46.6 Å². The normalized spacial score (nSPS) is 16.7. The van der Waals surface area contributed by atoms with Crippen molar-refractivity contribution in [3.05, 3.63) is 59.7 Å². The summed E-state index contributed by atoms with van der Waals surface area (Å²) >= 11 is 0. The number of Topliss-reactive ketones (excluding diaryl/α,β-unsaturated/α-hetero) is 1. The summed E-state index contributed by atoms with van der Waals surface area (Å²) < 4.78 is 5.93. The van der Waals surface area contributed by atoms with Crippen molar-refractivity contribution in [1.29, 1.82) is 0 Å². The third-order valence-corrected chi connectivity index (χ3v) is 4.05. The van der Waals surface area contributed by atoms with E-state index >= 15 is 0 Å². The molecule has 0 aromatic heterocycles. The molecule has 0 N–H and O–H groups in total. The van der Waals surface area contributed by atoms with Crippen molar-refractivity contribution >= 4 is 17.4 Å². The van der Waals surface area contributed by atoms with Crippen molar-refractivity contribution in [3.63, 3.8) is 0 Å². The molecule has 0 fully saturated rings. The van der Waals surface area contributed by atoms with Gasteiger partial charge in [-0.15, -0.1) is 0 Å². The lowest BCUT2D eigenvalue weighted by Crippen LogP contribution is -2.41. The van der Waals surface area contributed by atoms with Crippen LogP contribution in [-0.4, -0.2) is 18.2 Å². The second kappa shape index (κ2) is 6.24. The molecule has 4 heteroatoms. The highest BCUT2D eigenvalue weighted by molar-refractivity contribution is 6.03. The second-order valence-corrected chi connectivity index (χ2v) is 5.45. The summed E-state index contributed by atoms with van der Waals surface area (Å²) in [7, 11) is 0. The predicted octanol–water partition coefficient (Wildman–Crippen LogP) is 3.77. The summed E-state index contributed by atoms with van der Waals surface area (Å²) in [5.74, 6) is 0.585. The Morgan fingerprint density at radius 2 is 1.87 bits per heavy atom. The van der Waals surface area contributed by atoms with Crippen molar-refractivity contribution in [1.82, 2.24) is 0 Å². The van der Waals surface area contributed by atoms with Crippen LogP contribution in [0.4, 0.5) is 5.69 Å². The molecule has 0 bridgehead atoms. The quantitative estimate of drug-likeness (QED) is 0.808. The Labute approximate surface area is 135 Å². The molecule has 1 aliphatic rings. The van der Waals surface area contributed by atoms with Crippen molar-refractivity contribution in [2.45, 2.75) is 26.4 Å². The SMILES string of the molecule is CCC(=O)c1ccc2c(c1)N(CC)C(=O)C(c1ccccc1)O2. The number of carbonyl (C=O) groups excluding carboxylic acids is 2. The molecule has 3 rings (SSSR count). The average Bonchev–Trinajstić information content (AvgIpc) is 2.61. The fraction of sp³-hybridized carbons (Fsp3) is 0.263. The highest BCUT2D eigenvalue weighted by atomic mass is 16.5. The number of hydrogen-bond acceptors (Lipinski definition) is 3. The van der Waals surface area contributed by atoms with Crippen LogP contribution in [0.3, 0.4) is 0 Å². The van der Waals surface area contributed by atoms with Crippen LogP contribution in [0.5, 0.6) is 5.75 Å². The zero-order valence-corrected chi connectivity index (χ0v) is 13.3. The minimum atomic E-state index is -0.642. The van der Waals surface area contributed by atoms with Crippen LogP contribution in [0.2, 0.25) is 0 Å². The largest absolute Gasteiger partial charge is 0.474 e. The maximum Gasteiger partial charge on any atom is 0.272 e. The first kappa shape index (κ1) is 15.3. The summed E-state index contributed by atoms with van der Waals surface area (Å²) in [4.78, 5) is 26.4. The van der Waals surface area contributed by atoms with E-state index in [2.05, 4.69) is 0 Å². The van der Waals surface area contributed by atoms with Crippen LogP contribution in [-0.2, 0) is 4.79 Å². The summed E-state index contributed by atoms with van der Waals surface area (Å²) in [5.41, 5.74) is 2.11. The maximum absolute atomic E-state index is 12.8. The number of nitrogens with zero attached hydrogens (tertiary/aromatic N) is 1. The van der Waals surface area contributed by atoms with E-state index in [0.29, 0.717) is 30.0 Å². The number of benzene rings is 2. The number of likely N-dealkylation sites (N-methyl/N-ethyl adjacent to an activating group) is 1. The molecule has 1 atom stereocenters. The number of ketones is 1. The lowest BCUT2D eigenvalue weighted by atomic mass is 10.0. The van der Waals surface area contributed by atoms with Gasteiger partial charge in [-0.1, -0.05) is 37.3 Å². The zero-order chi connectivity index (χ0) is 16.4. The van der Waals surface area contributed by atoms with Gasteiger partial charge in [0.05, 0.1) is 5.69 Å². The molecule has 118 valence electrons. The van der Waals surface area contributed by atoms with Crippen molar-refractivity contribution in [2.24, 2.45) is 0 Å². The van der Waals surface area contributed by atoms with Crippen LogP contribution in [0, 0.1) is 0 Å². The Morgan fingerprint density at radius 1 is 1.13 bits per heavy atom. The standard InChI is InChI=1S/C19H19NO3/c1-3-16(21)14-10-11-17-15(12-14)20(4-2)19(22)18(23-17)13-8-6-5-7-9-13/h5-12,18H,3-4H2,1-2H3. The van der Waals surface area contributed by atoms with Crippen molar-refractivity contribution < 1.29 is 14.3 Å². The molecule has 1 amide bonds. The van der Waals surface area contributed by atoms with Gasteiger partial charge in [-0.25, -0.2) is 0 Å². The number of anilines is 1. The number of amides is 1. The minimum absolute atomic E-state index is 0.0569. The van der Waals surface area contributed by atoms with Crippen LogP contribution in [0.1, 0.15) is 42.3 Å². The van der Waals surface area contributed by atoms with E-state index in [-0.39, 0.29) is 11.7 Å². The molecule has 4 nitrogen and oxygen atoms in total. The first-order chi connectivity index (χ1) is 11.2. The first-order valence-electron chi connectivity index (χ1n) is 7.86. The van der Waals surface area contributed by atoms with Gasteiger partial charge in [-0.05, 0) is 25.1 Å². The van der Waals surface area contributed by atoms with Crippen LogP contribution in [0.15, 0.2) is 48.5 Å². The Kier molecular flexibility index (Phi) is 4.15. The van der Waals surface area contributed by atoms with Crippen molar-refractivity contribution in [2.75, 3.05) is 11.4 Å². The number of fused-ring (bicyclic) bond motifs is 1. The first-order valence-corrected chi connectivity index (χ1v) is 7.86. The van der Waals surface area contributed by atoms with Gasteiger partial charge in [0.1, 0.15) is 5.75 Å². The molecule has 23 heavy (non-hydrogen) atoms. The molecule has 1 unspecified atom stereocenters. The smallest absolute Gasteiger partial charge is 0.272 e. The van der Waals surface area contributed by atoms with E-state index < -0.39 is 6.10 Å². The number of hydrogen-bond donors (Lipinski definition) is 0. The van der Waals surface area contributed by atoms with Gasteiger partial charge in [-0.3, -0.25) is 9.59 Å². The van der Waals surface area contributed by atoms with Gasteiger partial charge in [0.15, 0.2) is 5.78 Å². The Balaban J connectivity index is 2.03. The molecule has 0 saturated heterocycles. The molecular weight excluding hydrogens is 290 g/mol. The summed E-state index contributed by atoms with van der Waals surface area (Å²) in [6.07, 6.45) is -0.205. The van der Waals surface area contributed by atoms with E-state index in [1.165, 1.54) is 0 Å². The monoisotopic (exact) mass is 309 g/mol. The molecule has 2 aromatic carbocycles. The molecule has 0 saturated carbocycles. The molecule has 0 aliphatic carbocycles. The maximum atomic E-state index is 12.8. The lowest BCUT2D eigenvalue weighted by molar-refractivity contribution is -0.126. The van der Waals surface area contributed by atoms with Gasteiger partial charge >= 0.3 is 0 Å². The van der Waals surface area contributed by atoms with E-state index in [0.717, 1.165) is 5.56 Å². The fourth-order valence-corrected chi connectivity index (χ4v) is 2.81. The van der Waals surface area contributed by atoms with Gasteiger partial charge in [0.2, 0.25) is 6.10 Å². The minimum Gasteiger partial charge on any atom is -0.474 e. The fourth-order valence-electron chi connectivity index (χ4n) is 2.81. The summed E-state index contributed by atoms with van der Waals surface area (Å²) in [6.45, 7) is 4.28. The molecule has 0 spiro atoms. The highest BCUT2D eigenvalue weighted by Gasteiger charge is 2.34. The molecular formula is C19H19NO3. The van der Waals surface area contributed by atoms with Crippen LogP contribution < -0.4 is 9.64 Å². The molecule has 2 aromatic rings. The van der Waals surface area contributed by atoms with E-state index in [9.17, 15) is 9.59 Å². The van der Waals surface area contributed by atoms with E-state index in [1.807, 2.05) is 44.2 Å². The second-order valence-electron chi connectivity index (χ2n) is 5.45. The van der Waals surface area contributed by atoms with Crippen molar-refractivity contribution in [3.8, 4) is 5.75 Å². The summed E-state index contributed by atoms with van der Waals surface area (Å²) in [6, 6.07) is 14.8. The zero-order valence-electron chi connectivity index (χ0n) is 13.3. The summed E-state index contributed by atoms with van der Waals surface area (Å²) in [5, 5.41) is 0. The number of rotatable bonds is 4. The van der Waals surface area contributed by atoms with Crippen LogP contribution in [0.25, 0.3) is 0 Å². The molecule has 1 aliphatic heterocycles. The Hall–Kier alpha value is -2.62. The van der Waals surface area contributed by atoms with E-state index in [4.69, 9.17) is 4.74 Å². The average molecular weight is 309 g/mol. The van der Waals surface area contributed by atoms with Crippen LogP contribution >= 0.6 is 0 Å². The molecule has 0 radical (unpaired) electrons. The predicted molar refractivity (Wildman–Crippen MR) is 88.9 cm³/mol. The van der Waals surface area contributed by atoms with Gasteiger partial charge in [0, 0.05) is 24.1 Å². The number of ether oxygens (including phenoxy) is 1. The lowest BCUT2D eigenvalue weighted by Gasteiger charge is -2.34. The highest BCUT2D eigenvalue weighted by Crippen LogP contribution is 2.39. The van der Waals surface area contributed by atoms with Gasteiger partial charge < -0.3 is 9.64 Å². The Morgan fingerprint density at radius 3 is 2.52 bits per heavy atom. The van der Waals surface area contributed by atoms with E-state index in [1.54, 1.807) is 23.1 Å². The third kappa shape index (κ3) is 2.72.